The van der Waals surface area contributed by atoms with Gasteiger partial charge in [0.25, 0.3) is 14.8 Å². The van der Waals surface area contributed by atoms with Gasteiger partial charge in [0, 0.05) is 91.5 Å². The van der Waals surface area contributed by atoms with Crippen molar-refractivity contribution < 1.29 is 109 Å². The Morgan fingerprint density at radius 2 is 0.821 bits per heavy atom. The third-order valence-electron chi connectivity index (χ3n) is 15.2. The molecule has 12 N–H and O–H groups in total. The molecule has 0 fully saturated rings. The van der Waals surface area contributed by atoms with Gasteiger partial charge in [0.05, 0.1) is 79.4 Å². The summed E-state index contributed by atoms with van der Waals surface area (Å²) in [5.41, 5.74) is 18.9. The van der Waals surface area contributed by atoms with Gasteiger partial charge in [-0.2, -0.15) is 30.1 Å². The standard InChI is InChI=1S/C20H31BCl2N2O5.C20H30BCl2N2O3.2C15H22Cl2N2O4.2ClH/c1-15-5-6-18(25(28,9-7-22)29-10-8-23)12-16(15)11-17(24-21-14-26)13-19(27)30-20(2,3)4;1-15-5-6-18(25(9-7-22)10-8-23)12-16(15)11-17(24-21-14-26)13-19(27)28-20(2,3)4;2*1-11-2-3-14(19(22,6-4-16)23-7-5-17)9-12(11)8-13(18)10-15(20)21;;/h5-6,12,14,17,24,28H,7-11,13H2,1-4H3;5-6,12,14,17,24H,7-11,13H2,1-4H3;2*2-3,9,13,22H,4-8,10,18H2,1H3;2*1H/q+1;;;;;/p+1/t17-,25?;17-;2*13-,19?;;/m1111../s1. The molecule has 2 radical (unpaired) electrons. The molecule has 0 saturated heterocycles. The fraction of sp³-hybridized carbons (Fsp3) is 0.571. The summed E-state index contributed by atoms with van der Waals surface area (Å²) >= 11 is 46.2. The van der Waals surface area contributed by atoms with E-state index in [2.05, 4.69) is 27.2 Å². The molecule has 36 heteroatoms. The van der Waals surface area contributed by atoms with Crippen molar-refractivity contribution in [2.24, 2.45) is 5.73 Å². The van der Waals surface area contributed by atoms with E-state index in [9.17, 15) is 44.4 Å². The van der Waals surface area contributed by atoms with E-state index in [-0.39, 0.29) is 155 Å². The maximum Gasteiger partial charge on any atom is 0.309 e. The van der Waals surface area contributed by atoms with Crippen molar-refractivity contribution in [1.82, 2.24) is 24.9 Å². The average molecular weight is 1690 g/mol. The minimum atomic E-state index is -0.939. The second-order valence-electron chi connectivity index (χ2n) is 26.3. The van der Waals surface area contributed by atoms with Crippen molar-refractivity contribution in [3.05, 3.63) is 117 Å². The Kier molecular flexibility index (Phi) is 54.1. The predicted molar refractivity (Wildman–Crippen MR) is 420 cm³/mol. The van der Waals surface area contributed by atoms with Crippen LogP contribution in [-0.4, -0.2) is 212 Å². The van der Waals surface area contributed by atoms with Crippen LogP contribution in [0.1, 0.15) is 112 Å². The number of carboxylic acids is 2. The molecule has 0 saturated carbocycles. The molecule has 106 heavy (non-hydrogen) atoms. The maximum atomic E-state index is 12.3. The van der Waals surface area contributed by atoms with Gasteiger partial charge in [-0.15, -0.1) is 92.8 Å². The second-order valence-corrected chi connectivity index (χ2v) is 29.3. The number of nitrogens with zero attached hydrogens (tertiary/aromatic N) is 4. The number of ether oxygens (including phenoxy) is 2. The van der Waals surface area contributed by atoms with Crippen LogP contribution in [0, 0.1) is 27.7 Å². The smallest absolute Gasteiger partial charge is 0.309 e. The summed E-state index contributed by atoms with van der Waals surface area (Å²) in [5, 5.41) is 55.9. The van der Waals surface area contributed by atoms with Crippen LogP contribution in [0.5, 0.6) is 0 Å². The SMILES string of the molecule is Cc1ccc(N(CCCl)CCCl)cc1C[C@H](CC(=O)OC(C)(C)C)N[B]C=O.Cc1ccc([N+](O)(CCCl)OCCCl)cc1C[C@@H](N)CC(=O)O.Cc1ccc([N+](O)(CCCl)OCCCl)cc1C[C@@H]([NH3+])CC(=O)O.Cc1ccc([N+](O)(CCCl)OCCCl)cc1C[C@H](CC(=O)OC(C)(C)C)N[B]C=O.[Cl-].[Cl-]. The summed E-state index contributed by atoms with van der Waals surface area (Å²) in [6, 6.07) is 21.0. The maximum absolute atomic E-state index is 12.3. The Morgan fingerprint density at radius 1 is 0.500 bits per heavy atom. The van der Waals surface area contributed by atoms with Crippen LogP contribution in [0.2, 0.25) is 0 Å². The van der Waals surface area contributed by atoms with Crippen LogP contribution < -0.4 is 66.1 Å². The summed E-state index contributed by atoms with van der Waals surface area (Å²) in [6.07, 6.45) is 3.33. The zero-order valence-corrected chi connectivity index (χ0v) is 69.7. The number of halogens is 10. The number of anilines is 1. The molecule has 0 aliphatic rings. The summed E-state index contributed by atoms with van der Waals surface area (Å²) in [4.78, 5) is 83.8. The van der Waals surface area contributed by atoms with Crippen LogP contribution in [-0.2, 0) is 78.4 Å². The third-order valence-corrected chi connectivity index (χ3v) is 16.5. The molecule has 0 heterocycles. The molecule has 4 aromatic rings. The number of nitrogens with two attached hydrogens (primary N) is 1. The lowest BCUT2D eigenvalue weighted by atomic mass is 9.91. The van der Waals surface area contributed by atoms with Crippen molar-refractivity contribution in [1.29, 1.82) is 0 Å². The number of benzene rings is 4. The minimum Gasteiger partial charge on any atom is -1.00 e. The summed E-state index contributed by atoms with van der Waals surface area (Å²) in [6.45, 7) is 21.1. The van der Waals surface area contributed by atoms with E-state index in [4.69, 9.17) is 133 Å². The number of carbonyl (C=O) groups excluding carboxylic acids is 4. The summed E-state index contributed by atoms with van der Waals surface area (Å²) in [5.74, 6) is -0.161. The van der Waals surface area contributed by atoms with E-state index >= 15 is 0 Å². The number of hydroxylamine groups is 6. The molecule has 598 valence electrons. The molecule has 0 aliphatic carbocycles. The molecule has 4 rings (SSSR count). The van der Waals surface area contributed by atoms with Crippen molar-refractivity contribution in [2.75, 3.05) is 104 Å². The highest BCUT2D eigenvalue weighted by molar-refractivity contribution is 6.64. The Bertz CT molecular complexity index is 3140. The molecule has 3 unspecified atom stereocenters. The van der Waals surface area contributed by atoms with Crippen LogP contribution in [0.4, 0.5) is 22.7 Å². The van der Waals surface area contributed by atoms with Crippen molar-refractivity contribution in [3.8, 4) is 0 Å². The van der Waals surface area contributed by atoms with E-state index in [0.717, 1.165) is 50.2 Å². The normalized spacial score (nSPS) is 14.0. The van der Waals surface area contributed by atoms with Gasteiger partial charge in [-0.25, -0.2) is 0 Å². The quantitative estimate of drug-likeness (QED) is 0.00726. The third kappa shape index (κ3) is 42.2. The number of quaternary nitrogens is 4. The molecule has 7 atom stereocenters. The number of rotatable bonds is 45. The van der Waals surface area contributed by atoms with Gasteiger partial charge < -0.3 is 80.9 Å². The van der Waals surface area contributed by atoms with E-state index < -0.39 is 43.6 Å². The summed E-state index contributed by atoms with van der Waals surface area (Å²) < 4.78 is 10.8. The predicted octanol–water partition coefficient (Wildman–Crippen LogP) is 4.65. The first-order valence-corrected chi connectivity index (χ1v) is 38.1. The number of carboxylic acid groups (broad SMARTS) is 2. The van der Waals surface area contributed by atoms with Crippen LogP contribution in [0.3, 0.4) is 0 Å². The molecular formula is C70H108B2Cl10N8O16+2. The number of esters is 2. The lowest BCUT2D eigenvalue weighted by Crippen LogP contribution is -3.00. The second kappa shape index (κ2) is 54.9. The van der Waals surface area contributed by atoms with Crippen LogP contribution >= 0.6 is 92.8 Å². The number of alkyl halides is 8. The first kappa shape index (κ1) is 104. The Labute approximate surface area is 679 Å². The Morgan fingerprint density at radius 3 is 1.12 bits per heavy atom. The zero-order chi connectivity index (χ0) is 78.9. The highest BCUT2D eigenvalue weighted by Gasteiger charge is 2.35. The first-order chi connectivity index (χ1) is 48.9. The van der Waals surface area contributed by atoms with Crippen LogP contribution in [0.25, 0.3) is 0 Å². The number of carbonyl (C=O) groups is 6. The molecule has 0 amide bonds. The highest BCUT2D eigenvalue weighted by atomic mass is 35.5. The van der Waals surface area contributed by atoms with E-state index in [0.29, 0.717) is 80.0 Å². The average Bonchev–Trinajstić information content (AvgIpc) is 0.866. The number of nitrogens with one attached hydrogen (secondary N) is 2. The Hall–Kier alpha value is -3.59. The van der Waals surface area contributed by atoms with Gasteiger partial charge in [0.15, 0.2) is 36.7 Å². The monoisotopic (exact) mass is 1690 g/mol. The number of aliphatic carboxylic acids is 2. The fourth-order valence-corrected chi connectivity index (χ4v) is 11.6. The minimum absolute atomic E-state index is 0. The first-order valence-electron chi connectivity index (χ1n) is 33.8. The molecule has 0 aliphatic heterocycles. The van der Waals surface area contributed by atoms with Gasteiger partial charge >= 0.3 is 23.9 Å². The number of aryl methyl sites for hydroxylation is 4. The summed E-state index contributed by atoms with van der Waals surface area (Å²) in [7, 11) is 2.58. The van der Waals surface area contributed by atoms with Crippen molar-refractivity contribution in [2.45, 2.75) is 156 Å². The molecule has 0 spiro atoms. The fourth-order valence-electron chi connectivity index (χ4n) is 10.3. The van der Waals surface area contributed by atoms with Gasteiger partial charge in [-0.1, -0.05) is 24.3 Å². The highest BCUT2D eigenvalue weighted by Crippen LogP contribution is 2.30. The van der Waals surface area contributed by atoms with E-state index in [1.807, 2.05) is 78.8 Å². The zero-order valence-electron chi connectivity index (χ0n) is 62.1. The van der Waals surface area contributed by atoms with Gasteiger partial charge in [0.1, 0.15) is 31.0 Å². The number of hydrogen-bond donors (Lipinski definition) is 9. The molecule has 0 bridgehead atoms. The lowest BCUT2D eigenvalue weighted by Gasteiger charge is -2.27. The van der Waals surface area contributed by atoms with Gasteiger partial charge in [-0.05, 0) is 160 Å². The molecular weight excluding hydrogens is 1580 g/mol. The molecule has 4 aromatic carbocycles. The number of hydrogen-bond acceptors (Lipinski definition) is 18. The molecule has 24 nitrogen and oxygen atoms in total. The van der Waals surface area contributed by atoms with Crippen molar-refractivity contribution >= 4 is 167 Å². The van der Waals surface area contributed by atoms with Gasteiger partial charge in [0.2, 0.25) is 0 Å². The largest absolute Gasteiger partial charge is 1.00 e. The van der Waals surface area contributed by atoms with Crippen LogP contribution in [0.15, 0.2) is 72.8 Å². The van der Waals surface area contributed by atoms with Crippen molar-refractivity contribution in [3.63, 3.8) is 0 Å². The van der Waals surface area contributed by atoms with E-state index in [1.165, 1.54) is 14.8 Å². The van der Waals surface area contributed by atoms with E-state index in [1.54, 1.807) is 57.2 Å². The van der Waals surface area contributed by atoms with Gasteiger partial charge in [-0.3, -0.25) is 19.2 Å². The molecule has 0 aromatic heterocycles. The Balaban J connectivity index is 0. The topological polar surface area (TPSA) is 331 Å². The lowest BCUT2D eigenvalue weighted by molar-refractivity contribution is -0.418.